The van der Waals surface area contributed by atoms with Gasteiger partial charge in [-0.1, -0.05) is 43.6 Å². The molecule has 1 aromatic heterocycles. The van der Waals surface area contributed by atoms with E-state index in [0.717, 1.165) is 16.6 Å². The smallest absolute Gasteiger partial charge is 0.184 e. The summed E-state index contributed by atoms with van der Waals surface area (Å²) in [6, 6.07) is 7.13. The highest BCUT2D eigenvalue weighted by molar-refractivity contribution is 7.22. The maximum Gasteiger partial charge on any atom is 0.184 e. The molecule has 2 nitrogen and oxygen atoms in total. The number of benzene rings is 1. The van der Waals surface area contributed by atoms with Gasteiger partial charge in [0.05, 0.1) is 10.2 Å². The van der Waals surface area contributed by atoms with Gasteiger partial charge in [-0.15, -0.1) is 0 Å². The third kappa shape index (κ3) is 2.98. The second-order valence-electron chi connectivity index (χ2n) is 6.05. The summed E-state index contributed by atoms with van der Waals surface area (Å²) in [5.74, 6) is 0.836. The van der Waals surface area contributed by atoms with Gasteiger partial charge < -0.3 is 5.32 Å². The van der Waals surface area contributed by atoms with Crippen molar-refractivity contribution < 1.29 is 0 Å². The molecule has 1 aromatic carbocycles. The van der Waals surface area contributed by atoms with Gasteiger partial charge in [0.15, 0.2) is 5.13 Å². The summed E-state index contributed by atoms with van der Waals surface area (Å²) in [4.78, 5) is 4.76. The molecule has 20 heavy (non-hydrogen) atoms. The quantitative estimate of drug-likeness (QED) is 0.817. The number of nitrogens with zero attached hydrogens (tertiary/aromatic N) is 1. The van der Waals surface area contributed by atoms with Crippen molar-refractivity contribution >= 4 is 26.7 Å². The van der Waals surface area contributed by atoms with E-state index in [-0.39, 0.29) is 0 Å². The van der Waals surface area contributed by atoms with Crippen molar-refractivity contribution in [2.24, 2.45) is 5.92 Å². The van der Waals surface area contributed by atoms with Crippen LogP contribution in [0.15, 0.2) is 18.2 Å². The second-order valence-corrected chi connectivity index (χ2v) is 7.08. The van der Waals surface area contributed by atoms with Crippen molar-refractivity contribution in [2.75, 3.05) is 5.32 Å². The van der Waals surface area contributed by atoms with E-state index in [2.05, 4.69) is 37.4 Å². The van der Waals surface area contributed by atoms with Crippen LogP contribution in [-0.4, -0.2) is 11.0 Å². The van der Waals surface area contributed by atoms with E-state index in [1.54, 1.807) is 11.3 Å². The molecule has 1 aliphatic carbocycles. The number of anilines is 1. The number of fused-ring (bicyclic) bond motifs is 1. The Morgan fingerprint density at radius 1 is 1.30 bits per heavy atom. The average Bonchev–Trinajstić information content (AvgIpc) is 2.87. The van der Waals surface area contributed by atoms with E-state index in [9.17, 15) is 0 Å². The first-order valence-corrected chi connectivity index (χ1v) is 8.71. The van der Waals surface area contributed by atoms with Crippen LogP contribution in [0.3, 0.4) is 0 Å². The monoisotopic (exact) mass is 288 g/mol. The molecule has 1 fully saturated rings. The first-order chi connectivity index (χ1) is 9.76. The lowest BCUT2D eigenvalue weighted by molar-refractivity contribution is 0.313. The number of nitrogens with one attached hydrogen (secondary N) is 1. The van der Waals surface area contributed by atoms with Crippen molar-refractivity contribution in [1.29, 1.82) is 0 Å². The van der Waals surface area contributed by atoms with Gasteiger partial charge in [-0.3, -0.25) is 0 Å². The Labute approximate surface area is 125 Å². The van der Waals surface area contributed by atoms with E-state index >= 15 is 0 Å². The molecule has 1 N–H and O–H groups in total. The molecule has 1 heterocycles. The Morgan fingerprint density at radius 3 is 2.85 bits per heavy atom. The molecular formula is C17H24N2S. The van der Waals surface area contributed by atoms with Crippen LogP contribution in [0.25, 0.3) is 10.2 Å². The Hall–Kier alpha value is -1.09. The molecule has 1 saturated carbocycles. The van der Waals surface area contributed by atoms with Gasteiger partial charge in [-0.25, -0.2) is 4.98 Å². The van der Waals surface area contributed by atoms with Gasteiger partial charge >= 0.3 is 0 Å². The lowest BCUT2D eigenvalue weighted by Gasteiger charge is -2.30. The molecule has 0 spiro atoms. The van der Waals surface area contributed by atoms with Crippen molar-refractivity contribution in [2.45, 2.75) is 58.4 Å². The summed E-state index contributed by atoms with van der Waals surface area (Å²) in [6.45, 7) is 4.42. The van der Waals surface area contributed by atoms with Gasteiger partial charge in [-0.2, -0.15) is 0 Å². The van der Waals surface area contributed by atoms with E-state index < -0.39 is 0 Å². The standard InChI is InChI=1S/C17H24N2S/c1-3-14(13-7-5-4-6-8-13)18-17-19-15-11-12(2)9-10-16(15)20-17/h9-11,13-14H,3-8H2,1-2H3,(H,18,19). The molecule has 1 atom stereocenters. The molecule has 3 heteroatoms. The minimum absolute atomic E-state index is 0.594. The number of hydrogen-bond acceptors (Lipinski definition) is 3. The summed E-state index contributed by atoms with van der Waals surface area (Å²) in [5.41, 5.74) is 2.42. The zero-order valence-electron chi connectivity index (χ0n) is 12.5. The fourth-order valence-corrected chi connectivity index (χ4v) is 4.26. The molecule has 0 aliphatic heterocycles. The average molecular weight is 288 g/mol. The Morgan fingerprint density at radius 2 is 2.10 bits per heavy atom. The Bertz CT molecular complexity index is 569. The predicted octanol–water partition coefficient (Wildman–Crippen LogP) is 5.38. The third-order valence-corrected chi connectivity index (χ3v) is 5.48. The van der Waals surface area contributed by atoms with Crippen molar-refractivity contribution in [1.82, 2.24) is 4.98 Å². The normalized spacial score (nSPS) is 18.3. The SMILES string of the molecule is CCC(Nc1nc2cc(C)ccc2s1)C1CCCCC1. The first-order valence-electron chi connectivity index (χ1n) is 7.90. The zero-order chi connectivity index (χ0) is 13.9. The summed E-state index contributed by atoms with van der Waals surface area (Å²) in [7, 11) is 0. The van der Waals surface area contributed by atoms with Crippen molar-refractivity contribution in [3.63, 3.8) is 0 Å². The van der Waals surface area contributed by atoms with Crippen LogP contribution >= 0.6 is 11.3 Å². The lowest BCUT2D eigenvalue weighted by Crippen LogP contribution is -2.29. The van der Waals surface area contributed by atoms with E-state index in [1.165, 1.54) is 48.8 Å². The number of thiazole rings is 1. The zero-order valence-corrected chi connectivity index (χ0v) is 13.3. The largest absolute Gasteiger partial charge is 0.358 e. The lowest BCUT2D eigenvalue weighted by atomic mass is 9.83. The van der Waals surface area contributed by atoms with Crippen LogP contribution in [0.5, 0.6) is 0 Å². The molecule has 0 amide bonds. The van der Waals surface area contributed by atoms with Gasteiger partial charge in [0.1, 0.15) is 0 Å². The van der Waals surface area contributed by atoms with Crippen molar-refractivity contribution in [3.8, 4) is 0 Å². The molecule has 1 aliphatic rings. The summed E-state index contributed by atoms with van der Waals surface area (Å²) in [5, 5.41) is 4.81. The maximum absolute atomic E-state index is 4.76. The van der Waals surface area contributed by atoms with Crippen LogP contribution in [0.2, 0.25) is 0 Å². The van der Waals surface area contributed by atoms with Gasteiger partial charge in [0.25, 0.3) is 0 Å². The number of hydrogen-bond donors (Lipinski definition) is 1. The molecule has 0 radical (unpaired) electrons. The van der Waals surface area contributed by atoms with Gasteiger partial charge in [0.2, 0.25) is 0 Å². The number of rotatable bonds is 4. The number of aryl methyl sites for hydroxylation is 1. The fourth-order valence-electron chi connectivity index (χ4n) is 3.35. The predicted molar refractivity (Wildman–Crippen MR) is 88.6 cm³/mol. The Kier molecular flexibility index (Phi) is 4.25. The molecule has 0 bridgehead atoms. The second kappa shape index (κ2) is 6.13. The Balaban J connectivity index is 1.76. The van der Waals surface area contributed by atoms with Crippen LogP contribution in [-0.2, 0) is 0 Å². The van der Waals surface area contributed by atoms with Crippen LogP contribution in [0, 0.1) is 12.8 Å². The van der Waals surface area contributed by atoms with Gasteiger partial charge in [-0.05, 0) is 49.8 Å². The first kappa shape index (κ1) is 13.9. The summed E-state index contributed by atoms with van der Waals surface area (Å²) >= 11 is 1.79. The van der Waals surface area contributed by atoms with Crippen LogP contribution in [0.4, 0.5) is 5.13 Å². The molecule has 0 saturated heterocycles. The topological polar surface area (TPSA) is 24.9 Å². The minimum Gasteiger partial charge on any atom is -0.358 e. The highest BCUT2D eigenvalue weighted by atomic mass is 32.1. The van der Waals surface area contributed by atoms with E-state index in [1.807, 2.05) is 0 Å². The summed E-state index contributed by atoms with van der Waals surface area (Å²) in [6.07, 6.45) is 8.20. The molecule has 1 unspecified atom stereocenters. The highest BCUT2D eigenvalue weighted by Gasteiger charge is 2.22. The van der Waals surface area contributed by atoms with Crippen LogP contribution in [0.1, 0.15) is 51.0 Å². The van der Waals surface area contributed by atoms with Crippen LogP contribution < -0.4 is 5.32 Å². The summed E-state index contributed by atoms with van der Waals surface area (Å²) < 4.78 is 1.29. The maximum atomic E-state index is 4.76. The van der Waals surface area contributed by atoms with E-state index in [0.29, 0.717) is 6.04 Å². The molecule has 3 rings (SSSR count). The molecule has 2 aromatic rings. The minimum atomic E-state index is 0.594. The fraction of sp³-hybridized carbons (Fsp3) is 0.588. The third-order valence-electron chi connectivity index (χ3n) is 4.51. The molecule has 108 valence electrons. The van der Waals surface area contributed by atoms with E-state index in [4.69, 9.17) is 4.98 Å². The van der Waals surface area contributed by atoms with Gasteiger partial charge in [0, 0.05) is 6.04 Å². The highest BCUT2D eigenvalue weighted by Crippen LogP contribution is 2.32. The van der Waals surface area contributed by atoms with Crippen molar-refractivity contribution in [3.05, 3.63) is 23.8 Å². The molecular weight excluding hydrogens is 264 g/mol. The number of aromatic nitrogens is 1.